The van der Waals surface area contributed by atoms with Gasteiger partial charge < -0.3 is 15.2 Å². The van der Waals surface area contributed by atoms with E-state index < -0.39 is 0 Å². The molecule has 7 heteroatoms. The van der Waals surface area contributed by atoms with Gasteiger partial charge in [0, 0.05) is 12.1 Å². The summed E-state index contributed by atoms with van der Waals surface area (Å²) < 4.78 is 4.69. The second-order valence-corrected chi connectivity index (χ2v) is 4.03. The third-order valence-electron chi connectivity index (χ3n) is 2.66. The minimum absolute atomic E-state index is 0.480. The fourth-order valence-corrected chi connectivity index (χ4v) is 1.73. The van der Waals surface area contributed by atoms with Crippen LogP contribution in [-0.4, -0.2) is 26.7 Å². The van der Waals surface area contributed by atoms with Crippen LogP contribution >= 0.6 is 0 Å². The summed E-state index contributed by atoms with van der Waals surface area (Å²) in [7, 11) is 0. The van der Waals surface area contributed by atoms with Crippen LogP contribution < -0.4 is 10.6 Å². The van der Waals surface area contributed by atoms with Gasteiger partial charge in [0.2, 0.25) is 6.39 Å². The van der Waals surface area contributed by atoms with Crippen LogP contribution in [0.25, 0.3) is 0 Å². The molecule has 0 saturated carbocycles. The first-order chi connectivity index (χ1) is 9.35. The molecule has 7 nitrogen and oxygen atoms in total. The van der Waals surface area contributed by atoms with Crippen molar-refractivity contribution in [2.45, 2.75) is 33.2 Å². The zero-order valence-corrected chi connectivity index (χ0v) is 11.2. The van der Waals surface area contributed by atoms with E-state index in [9.17, 15) is 0 Å². The van der Waals surface area contributed by atoms with Gasteiger partial charge in [-0.15, -0.1) is 0 Å². The molecule has 0 aromatic carbocycles. The highest BCUT2D eigenvalue weighted by atomic mass is 16.5. The third-order valence-corrected chi connectivity index (χ3v) is 2.66. The lowest BCUT2D eigenvalue weighted by Gasteiger charge is -2.13. The molecule has 102 valence electrons. The van der Waals surface area contributed by atoms with Gasteiger partial charge in [-0.25, -0.2) is 9.97 Å². The first kappa shape index (κ1) is 13.3. The molecule has 0 unspecified atom stereocenters. The number of hydrogen-bond donors (Lipinski definition) is 2. The zero-order chi connectivity index (χ0) is 13.5. The third kappa shape index (κ3) is 3.40. The summed E-state index contributed by atoms with van der Waals surface area (Å²) >= 11 is 0. The number of anilines is 2. The maximum absolute atomic E-state index is 4.69. The molecule has 0 aliphatic carbocycles. The zero-order valence-electron chi connectivity index (χ0n) is 11.2. The molecule has 2 aromatic heterocycles. The van der Waals surface area contributed by atoms with Crippen molar-refractivity contribution >= 4 is 11.6 Å². The molecule has 2 heterocycles. The molecule has 0 radical (unpaired) electrons. The van der Waals surface area contributed by atoms with E-state index in [1.807, 2.05) is 0 Å². The molecule has 0 bridgehead atoms. The normalized spacial score (nSPS) is 10.4. The second kappa shape index (κ2) is 6.67. The SMILES string of the molecule is CCCNc1ncnc(NCc2ncon2)c1CC. The Morgan fingerprint density at radius 1 is 1.11 bits per heavy atom. The summed E-state index contributed by atoms with van der Waals surface area (Å²) in [4.78, 5) is 12.5. The standard InChI is InChI=1S/C12H18N6O/c1-3-5-13-11-9(4-2)12(16-7-15-11)14-6-10-17-8-19-18-10/h7-8H,3-6H2,1-2H3,(H2,13,14,15,16). The second-order valence-electron chi connectivity index (χ2n) is 4.03. The van der Waals surface area contributed by atoms with Gasteiger partial charge in [0.1, 0.15) is 18.0 Å². The summed E-state index contributed by atoms with van der Waals surface area (Å²) in [5, 5.41) is 10.3. The number of aromatic nitrogens is 4. The number of hydrogen-bond acceptors (Lipinski definition) is 7. The van der Waals surface area contributed by atoms with E-state index in [-0.39, 0.29) is 0 Å². The lowest BCUT2D eigenvalue weighted by molar-refractivity contribution is 0.411. The molecule has 0 aliphatic rings. The number of rotatable bonds is 7. The number of nitrogens with one attached hydrogen (secondary N) is 2. The van der Waals surface area contributed by atoms with Crippen LogP contribution in [0.2, 0.25) is 0 Å². The van der Waals surface area contributed by atoms with E-state index in [0.717, 1.165) is 36.6 Å². The Balaban J connectivity index is 2.10. The van der Waals surface area contributed by atoms with Crippen LogP contribution in [0.15, 0.2) is 17.2 Å². The minimum atomic E-state index is 0.480. The van der Waals surface area contributed by atoms with E-state index in [1.54, 1.807) is 6.33 Å². The van der Waals surface area contributed by atoms with Gasteiger partial charge in [-0.3, -0.25) is 0 Å². The summed E-state index contributed by atoms with van der Waals surface area (Å²) in [6.45, 7) is 5.58. The monoisotopic (exact) mass is 262 g/mol. The predicted molar refractivity (Wildman–Crippen MR) is 71.8 cm³/mol. The Morgan fingerprint density at radius 2 is 1.89 bits per heavy atom. The van der Waals surface area contributed by atoms with Crippen molar-refractivity contribution in [3.8, 4) is 0 Å². The van der Waals surface area contributed by atoms with Crippen LogP contribution in [0.5, 0.6) is 0 Å². The molecule has 0 spiro atoms. The molecule has 19 heavy (non-hydrogen) atoms. The van der Waals surface area contributed by atoms with Crippen molar-refractivity contribution in [3.05, 3.63) is 24.1 Å². The van der Waals surface area contributed by atoms with E-state index in [1.165, 1.54) is 6.39 Å². The highest BCUT2D eigenvalue weighted by molar-refractivity contribution is 5.57. The van der Waals surface area contributed by atoms with Gasteiger partial charge in [-0.1, -0.05) is 19.0 Å². The topological polar surface area (TPSA) is 88.8 Å². The van der Waals surface area contributed by atoms with Crippen molar-refractivity contribution in [3.63, 3.8) is 0 Å². The first-order valence-corrected chi connectivity index (χ1v) is 6.42. The van der Waals surface area contributed by atoms with Crippen LogP contribution in [0.3, 0.4) is 0 Å². The van der Waals surface area contributed by atoms with Crippen LogP contribution in [0.4, 0.5) is 11.6 Å². The van der Waals surface area contributed by atoms with Crippen molar-refractivity contribution in [2.75, 3.05) is 17.2 Å². The lowest BCUT2D eigenvalue weighted by Crippen LogP contribution is -2.11. The highest BCUT2D eigenvalue weighted by Gasteiger charge is 2.09. The first-order valence-electron chi connectivity index (χ1n) is 6.42. The van der Waals surface area contributed by atoms with Crippen LogP contribution in [0.1, 0.15) is 31.7 Å². The fourth-order valence-electron chi connectivity index (χ4n) is 1.73. The Kier molecular flexibility index (Phi) is 4.66. The summed E-state index contributed by atoms with van der Waals surface area (Å²) in [6.07, 6.45) is 4.77. The van der Waals surface area contributed by atoms with Gasteiger partial charge in [0.15, 0.2) is 5.82 Å². The van der Waals surface area contributed by atoms with Crippen molar-refractivity contribution in [2.24, 2.45) is 0 Å². The van der Waals surface area contributed by atoms with Crippen molar-refractivity contribution in [1.82, 2.24) is 20.1 Å². The molecular weight excluding hydrogens is 244 g/mol. The Morgan fingerprint density at radius 3 is 2.53 bits per heavy atom. The van der Waals surface area contributed by atoms with Gasteiger partial charge in [-0.05, 0) is 12.8 Å². The van der Waals surface area contributed by atoms with E-state index in [4.69, 9.17) is 4.52 Å². The highest BCUT2D eigenvalue weighted by Crippen LogP contribution is 2.20. The smallest absolute Gasteiger partial charge is 0.213 e. The van der Waals surface area contributed by atoms with Crippen molar-refractivity contribution in [1.29, 1.82) is 0 Å². The lowest BCUT2D eigenvalue weighted by atomic mass is 10.2. The number of nitrogens with zero attached hydrogens (tertiary/aromatic N) is 4. The van der Waals surface area contributed by atoms with Gasteiger partial charge in [0.05, 0.1) is 6.54 Å². The van der Waals surface area contributed by atoms with Crippen LogP contribution in [-0.2, 0) is 13.0 Å². The molecule has 2 aromatic rings. The summed E-state index contributed by atoms with van der Waals surface area (Å²) in [6, 6.07) is 0. The van der Waals surface area contributed by atoms with Gasteiger partial charge in [0.25, 0.3) is 0 Å². The Labute approximate surface area is 111 Å². The molecule has 2 rings (SSSR count). The quantitative estimate of drug-likeness (QED) is 0.787. The van der Waals surface area contributed by atoms with Crippen LogP contribution in [0, 0.1) is 0 Å². The predicted octanol–water partition coefficient (Wildman–Crippen LogP) is 1.86. The Bertz CT molecular complexity index is 499. The van der Waals surface area contributed by atoms with Gasteiger partial charge in [-0.2, -0.15) is 4.98 Å². The molecule has 0 atom stereocenters. The summed E-state index contributed by atoms with van der Waals surface area (Å²) in [5.41, 5.74) is 1.07. The maximum atomic E-state index is 4.69. The minimum Gasteiger partial charge on any atom is -0.370 e. The molecule has 0 aliphatic heterocycles. The Hall–Kier alpha value is -2.18. The van der Waals surface area contributed by atoms with E-state index in [2.05, 4.69) is 44.6 Å². The van der Waals surface area contributed by atoms with E-state index >= 15 is 0 Å². The van der Waals surface area contributed by atoms with E-state index in [0.29, 0.717) is 12.4 Å². The maximum Gasteiger partial charge on any atom is 0.213 e. The average Bonchev–Trinajstić information content (AvgIpc) is 2.96. The van der Waals surface area contributed by atoms with Gasteiger partial charge >= 0.3 is 0 Å². The molecule has 0 amide bonds. The summed E-state index contributed by atoms with van der Waals surface area (Å²) in [5.74, 6) is 2.29. The molecule has 2 N–H and O–H groups in total. The largest absolute Gasteiger partial charge is 0.370 e. The average molecular weight is 262 g/mol. The molecule has 0 saturated heterocycles. The van der Waals surface area contributed by atoms with Crippen molar-refractivity contribution < 1.29 is 4.52 Å². The molecule has 0 fully saturated rings. The fraction of sp³-hybridized carbons (Fsp3) is 0.500. The molecular formula is C12H18N6O.